The summed E-state index contributed by atoms with van der Waals surface area (Å²) in [6, 6.07) is 17.4. The fourth-order valence-corrected chi connectivity index (χ4v) is 5.35. The SMILES string of the molecule is NC(=O)c1cccc(-c2cccc([C@H]3CCCN(S(=O)(=O)c4ccc(F)cc4)C3)n2)c1. The number of hydrogen-bond donors (Lipinski definition) is 1. The molecule has 0 aliphatic carbocycles. The molecule has 1 aliphatic heterocycles. The summed E-state index contributed by atoms with van der Waals surface area (Å²) in [6.07, 6.45) is 1.52. The molecule has 0 spiro atoms. The van der Waals surface area contributed by atoms with Gasteiger partial charge in [-0.1, -0.05) is 18.2 Å². The topological polar surface area (TPSA) is 93.4 Å². The van der Waals surface area contributed by atoms with Crippen LogP contribution in [0.1, 0.15) is 34.8 Å². The molecule has 1 aromatic heterocycles. The monoisotopic (exact) mass is 439 g/mol. The van der Waals surface area contributed by atoms with Gasteiger partial charge in [-0.2, -0.15) is 4.31 Å². The van der Waals surface area contributed by atoms with Crippen LogP contribution >= 0.6 is 0 Å². The number of pyridine rings is 1. The van der Waals surface area contributed by atoms with E-state index in [9.17, 15) is 17.6 Å². The number of rotatable bonds is 5. The van der Waals surface area contributed by atoms with E-state index in [1.165, 1.54) is 16.4 Å². The second-order valence-electron chi connectivity index (χ2n) is 7.55. The first kappa shape index (κ1) is 21.1. The number of hydrogen-bond acceptors (Lipinski definition) is 4. The number of carbonyl (C=O) groups is 1. The van der Waals surface area contributed by atoms with E-state index in [2.05, 4.69) is 0 Å². The summed E-state index contributed by atoms with van der Waals surface area (Å²) in [6.45, 7) is 0.716. The van der Waals surface area contributed by atoms with Gasteiger partial charge in [0.25, 0.3) is 0 Å². The predicted octanol–water partition coefficient (Wildman–Crippen LogP) is 3.55. The van der Waals surface area contributed by atoms with E-state index in [0.717, 1.165) is 29.8 Å². The number of primary amides is 1. The molecule has 1 amide bonds. The predicted molar refractivity (Wildman–Crippen MR) is 115 cm³/mol. The van der Waals surface area contributed by atoms with Crippen molar-refractivity contribution in [3.05, 3.63) is 83.8 Å². The maximum absolute atomic E-state index is 13.2. The number of sulfonamides is 1. The summed E-state index contributed by atoms with van der Waals surface area (Å²) in [7, 11) is -3.71. The number of halogens is 1. The fraction of sp³-hybridized carbons (Fsp3) is 0.217. The molecule has 2 N–H and O–H groups in total. The number of nitrogens with zero attached hydrogens (tertiary/aromatic N) is 2. The Kier molecular flexibility index (Phi) is 5.84. The van der Waals surface area contributed by atoms with Gasteiger partial charge in [-0.25, -0.2) is 12.8 Å². The average molecular weight is 440 g/mol. The van der Waals surface area contributed by atoms with Crippen LogP contribution < -0.4 is 5.73 Å². The molecule has 2 heterocycles. The van der Waals surface area contributed by atoms with E-state index in [1.54, 1.807) is 18.2 Å². The molecule has 2 aromatic carbocycles. The van der Waals surface area contributed by atoms with Crippen molar-refractivity contribution in [3.8, 4) is 11.3 Å². The molecule has 160 valence electrons. The minimum Gasteiger partial charge on any atom is -0.366 e. The van der Waals surface area contributed by atoms with E-state index < -0.39 is 21.7 Å². The van der Waals surface area contributed by atoms with Gasteiger partial charge in [-0.15, -0.1) is 0 Å². The van der Waals surface area contributed by atoms with Crippen molar-refractivity contribution in [1.82, 2.24) is 9.29 Å². The molecule has 8 heteroatoms. The number of benzene rings is 2. The summed E-state index contributed by atoms with van der Waals surface area (Å²) in [5.74, 6) is -1.05. The van der Waals surface area contributed by atoms with Crippen LogP contribution in [0, 0.1) is 5.82 Å². The zero-order valence-electron chi connectivity index (χ0n) is 16.7. The number of nitrogens with two attached hydrogens (primary N) is 1. The molecular formula is C23H22FN3O3S. The van der Waals surface area contributed by atoms with Crippen LogP contribution in [0.15, 0.2) is 71.6 Å². The summed E-state index contributed by atoms with van der Waals surface area (Å²) in [4.78, 5) is 16.3. The van der Waals surface area contributed by atoms with Gasteiger partial charge in [-0.3, -0.25) is 9.78 Å². The van der Waals surface area contributed by atoms with Gasteiger partial charge >= 0.3 is 0 Å². The molecule has 1 saturated heterocycles. The molecule has 1 atom stereocenters. The zero-order valence-corrected chi connectivity index (χ0v) is 17.6. The van der Waals surface area contributed by atoms with E-state index in [1.807, 2.05) is 24.3 Å². The molecule has 1 aliphatic rings. The summed E-state index contributed by atoms with van der Waals surface area (Å²) in [5, 5.41) is 0. The first-order valence-corrected chi connectivity index (χ1v) is 11.4. The molecule has 0 bridgehead atoms. The quantitative estimate of drug-likeness (QED) is 0.658. The lowest BCUT2D eigenvalue weighted by Crippen LogP contribution is -2.39. The Bertz CT molecular complexity index is 1210. The Labute approximate surface area is 180 Å². The van der Waals surface area contributed by atoms with Crippen molar-refractivity contribution in [2.24, 2.45) is 5.73 Å². The van der Waals surface area contributed by atoms with Crippen LogP contribution in [0.3, 0.4) is 0 Å². The van der Waals surface area contributed by atoms with Gasteiger partial charge in [0.05, 0.1) is 10.6 Å². The van der Waals surface area contributed by atoms with Crippen molar-refractivity contribution >= 4 is 15.9 Å². The van der Waals surface area contributed by atoms with Crippen LogP contribution in [-0.4, -0.2) is 36.7 Å². The number of piperidine rings is 1. The molecule has 6 nitrogen and oxygen atoms in total. The lowest BCUT2D eigenvalue weighted by Gasteiger charge is -2.31. The van der Waals surface area contributed by atoms with Crippen LogP contribution in [0.25, 0.3) is 11.3 Å². The Morgan fingerprint density at radius 2 is 1.81 bits per heavy atom. The van der Waals surface area contributed by atoms with Crippen LogP contribution in [0.4, 0.5) is 4.39 Å². The second kappa shape index (κ2) is 8.56. The van der Waals surface area contributed by atoms with Crippen molar-refractivity contribution in [1.29, 1.82) is 0 Å². The van der Waals surface area contributed by atoms with Gasteiger partial charge in [0, 0.05) is 35.8 Å². The molecule has 4 rings (SSSR count). The van der Waals surface area contributed by atoms with E-state index in [-0.39, 0.29) is 10.8 Å². The van der Waals surface area contributed by atoms with Gasteiger partial charge < -0.3 is 5.73 Å². The zero-order chi connectivity index (χ0) is 22.0. The van der Waals surface area contributed by atoms with E-state index >= 15 is 0 Å². The van der Waals surface area contributed by atoms with Gasteiger partial charge in [0.2, 0.25) is 15.9 Å². The highest BCUT2D eigenvalue weighted by Crippen LogP contribution is 2.31. The highest BCUT2D eigenvalue weighted by molar-refractivity contribution is 7.89. The normalized spacial score (nSPS) is 17.4. The highest BCUT2D eigenvalue weighted by Gasteiger charge is 2.31. The molecule has 3 aromatic rings. The maximum atomic E-state index is 13.2. The van der Waals surface area contributed by atoms with Gasteiger partial charge in [0.1, 0.15) is 5.82 Å². The minimum atomic E-state index is -3.71. The fourth-order valence-electron chi connectivity index (χ4n) is 3.83. The summed E-state index contributed by atoms with van der Waals surface area (Å²) >= 11 is 0. The van der Waals surface area contributed by atoms with Gasteiger partial charge in [0.15, 0.2) is 0 Å². The molecule has 0 unspecified atom stereocenters. The third-order valence-corrected chi connectivity index (χ3v) is 7.35. The summed E-state index contributed by atoms with van der Waals surface area (Å²) in [5.41, 5.74) is 8.03. The third-order valence-electron chi connectivity index (χ3n) is 5.47. The van der Waals surface area contributed by atoms with Crippen molar-refractivity contribution in [2.45, 2.75) is 23.7 Å². The average Bonchev–Trinajstić information content (AvgIpc) is 2.79. The smallest absolute Gasteiger partial charge is 0.248 e. The first-order chi connectivity index (χ1) is 14.8. The van der Waals surface area contributed by atoms with Gasteiger partial charge in [-0.05, 0) is 61.4 Å². The van der Waals surface area contributed by atoms with Crippen molar-refractivity contribution < 1.29 is 17.6 Å². The van der Waals surface area contributed by atoms with Crippen LogP contribution in [-0.2, 0) is 10.0 Å². The lowest BCUT2D eigenvalue weighted by atomic mass is 9.95. The number of amides is 1. The Balaban J connectivity index is 1.59. The molecule has 0 radical (unpaired) electrons. The third kappa shape index (κ3) is 4.50. The first-order valence-electron chi connectivity index (χ1n) is 9.97. The molecule has 1 fully saturated rings. The number of carbonyl (C=O) groups excluding carboxylic acids is 1. The van der Waals surface area contributed by atoms with Crippen LogP contribution in [0.2, 0.25) is 0 Å². The largest absolute Gasteiger partial charge is 0.366 e. The maximum Gasteiger partial charge on any atom is 0.248 e. The highest BCUT2D eigenvalue weighted by atomic mass is 32.2. The molecule has 0 saturated carbocycles. The van der Waals surface area contributed by atoms with Crippen LogP contribution in [0.5, 0.6) is 0 Å². The van der Waals surface area contributed by atoms with Crippen molar-refractivity contribution in [3.63, 3.8) is 0 Å². The summed E-state index contributed by atoms with van der Waals surface area (Å²) < 4.78 is 40.7. The molecular weight excluding hydrogens is 417 g/mol. The Morgan fingerprint density at radius 1 is 1.06 bits per heavy atom. The van der Waals surface area contributed by atoms with E-state index in [4.69, 9.17) is 10.7 Å². The Morgan fingerprint density at radius 3 is 2.55 bits per heavy atom. The molecule has 31 heavy (non-hydrogen) atoms. The minimum absolute atomic E-state index is 0.0664. The Hall–Kier alpha value is -3.10. The number of aromatic nitrogens is 1. The standard InChI is InChI=1S/C23H22FN3O3S/c24-19-9-11-20(12-10-19)31(29,30)27-13-3-6-18(15-27)22-8-2-7-21(26-22)16-4-1-5-17(14-16)23(25)28/h1-2,4-5,7-12,14,18H,3,6,13,15H2,(H2,25,28)/t18-/m0/s1. The second-order valence-corrected chi connectivity index (χ2v) is 9.49. The van der Waals surface area contributed by atoms with E-state index in [0.29, 0.717) is 30.8 Å². The van der Waals surface area contributed by atoms with Crippen molar-refractivity contribution in [2.75, 3.05) is 13.1 Å². The lowest BCUT2D eigenvalue weighted by molar-refractivity contribution is 0.100.